The number of benzene rings is 2. The molecule has 4 nitrogen and oxygen atoms in total. The number of sulfone groups is 1. The number of carbonyl (C=O) groups is 1. The summed E-state index contributed by atoms with van der Waals surface area (Å²) in [6.07, 6.45) is 4.61. The summed E-state index contributed by atoms with van der Waals surface area (Å²) in [6, 6.07) is 10.8. The van der Waals surface area contributed by atoms with Crippen molar-refractivity contribution in [2.75, 3.05) is 6.26 Å². The highest BCUT2D eigenvalue weighted by molar-refractivity contribution is 7.90. The highest BCUT2D eigenvalue weighted by atomic mass is 32.2. The first-order valence-corrected chi connectivity index (χ1v) is 10.5. The zero-order valence-electron chi connectivity index (χ0n) is 14.9. The van der Waals surface area contributed by atoms with Crippen LogP contribution in [0.1, 0.15) is 47.2 Å². The number of hydrogen-bond acceptors (Lipinski definition) is 3. The van der Waals surface area contributed by atoms with Crippen LogP contribution in [0, 0.1) is 12.7 Å². The molecule has 0 aromatic heterocycles. The monoisotopic (exact) mass is 375 g/mol. The van der Waals surface area contributed by atoms with Crippen molar-refractivity contribution in [3.8, 4) is 0 Å². The topological polar surface area (TPSA) is 63.2 Å². The minimum absolute atomic E-state index is 0.121. The summed E-state index contributed by atoms with van der Waals surface area (Å²) in [6.45, 7) is 1.78. The molecule has 0 atom stereocenters. The van der Waals surface area contributed by atoms with Gasteiger partial charge in [0.1, 0.15) is 5.82 Å². The van der Waals surface area contributed by atoms with E-state index in [1.807, 2.05) is 0 Å². The van der Waals surface area contributed by atoms with Crippen molar-refractivity contribution in [2.24, 2.45) is 0 Å². The Morgan fingerprint density at radius 1 is 1.08 bits per heavy atom. The molecule has 1 saturated carbocycles. The smallest absolute Gasteiger partial charge is 0.252 e. The molecule has 1 amide bonds. The van der Waals surface area contributed by atoms with E-state index in [-0.39, 0.29) is 16.6 Å². The van der Waals surface area contributed by atoms with Crippen molar-refractivity contribution in [2.45, 2.75) is 43.0 Å². The molecule has 6 heteroatoms. The zero-order chi connectivity index (χ0) is 18.9. The summed E-state index contributed by atoms with van der Waals surface area (Å²) in [7, 11) is -3.40. The Kier molecular flexibility index (Phi) is 4.88. The zero-order valence-corrected chi connectivity index (χ0v) is 15.7. The second kappa shape index (κ2) is 6.83. The van der Waals surface area contributed by atoms with Gasteiger partial charge >= 0.3 is 0 Å². The quantitative estimate of drug-likeness (QED) is 0.885. The van der Waals surface area contributed by atoms with E-state index in [2.05, 4.69) is 5.32 Å². The van der Waals surface area contributed by atoms with E-state index in [0.717, 1.165) is 37.5 Å². The lowest BCUT2D eigenvalue weighted by Gasteiger charge is -2.31. The average Bonchev–Trinajstić information content (AvgIpc) is 3.04. The molecule has 138 valence electrons. The normalized spacial score (nSPS) is 16.4. The van der Waals surface area contributed by atoms with Gasteiger partial charge in [0.25, 0.3) is 5.91 Å². The largest absolute Gasteiger partial charge is 0.343 e. The number of rotatable bonds is 4. The third-order valence-electron chi connectivity index (χ3n) is 5.09. The summed E-state index contributed by atoms with van der Waals surface area (Å²) in [5.41, 5.74) is 1.39. The van der Waals surface area contributed by atoms with Gasteiger partial charge in [-0.3, -0.25) is 4.79 Å². The van der Waals surface area contributed by atoms with Gasteiger partial charge in [-0.2, -0.15) is 0 Å². The SMILES string of the molecule is Cc1ccc(S(C)(=O)=O)cc1C(=O)NC1(c2ccc(F)cc2)CCCC1. The minimum Gasteiger partial charge on any atom is -0.343 e. The Bertz CT molecular complexity index is 930. The van der Waals surface area contributed by atoms with Gasteiger partial charge in [0.15, 0.2) is 9.84 Å². The van der Waals surface area contributed by atoms with Gasteiger partial charge in [-0.25, -0.2) is 12.8 Å². The number of halogens is 1. The molecule has 1 N–H and O–H groups in total. The number of hydrogen-bond donors (Lipinski definition) is 1. The number of amides is 1. The van der Waals surface area contributed by atoms with E-state index >= 15 is 0 Å². The van der Waals surface area contributed by atoms with Gasteiger partial charge in [-0.05, 0) is 55.2 Å². The fourth-order valence-corrected chi connectivity index (χ4v) is 4.24. The van der Waals surface area contributed by atoms with E-state index in [0.29, 0.717) is 11.1 Å². The van der Waals surface area contributed by atoms with Crippen LogP contribution < -0.4 is 5.32 Å². The maximum absolute atomic E-state index is 13.3. The van der Waals surface area contributed by atoms with Crippen LogP contribution in [-0.4, -0.2) is 20.6 Å². The molecule has 0 aliphatic heterocycles. The van der Waals surface area contributed by atoms with E-state index in [9.17, 15) is 17.6 Å². The molecule has 2 aromatic rings. The molecule has 2 aromatic carbocycles. The molecule has 0 bridgehead atoms. The molecule has 0 unspecified atom stereocenters. The molecule has 0 spiro atoms. The first-order valence-electron chi connectivity index (χ1n) is 8.61. The van der Waals surface area contributed by atoms with Crippen molar-refractivity contribution in [3.05, 3.63) is 65.0 Å². The van der Waals surface area contributed by atoms with E-state index in [4.69, 9.17) is 0 Å². The highest BCUT2D eigenvalue weighted by Gasteiger charge is 2.37. The lowest BCUT2D eigenvalue weighted by atomic mass is 9.87. The van der Waals surface area contributed by atoms with E-state index < -0.39 is 15.4 Å². The Hall–Kier alpha value is -2.21. The fraction of sp³-hybridized carbons (Fsp3) is 0.350. The Morgan fingerprint density at radius 3 is 2.27 bits per heavy atom. The lowest BCUT2D eigenvalue weighted by Crippen LogP contribution is -2.44. The standard InChI is InChI=1S/C20H22FNO3S/c1-14-5-10-17(26(2,24)25)13-18(14)19(23)22-20(11-3-4-12-20)15-6-8-16(21)9-7-15/h5-10,13H,3-4,11-12H2,1-2H3,(H,22,23). The Morgan fingerprint density at radius 2 is 1.69 bits per heavy atom. The molecule has 3 rings (SSSR count). The van der Waals surface area contributed by atoms with Crippen molar-refractivity contribution in [3.63, 3.8) is 0 Å². The molecule has 0 saturated heterocycles. The predicted molar refractivity (Wildman–Crippen MR) is 98.3 cm³/mol. The third kappa shape index (κ3) is 3.65. The van der Waals surface area contributed by atoms with Gasteiger partial charge < -0.3 is 5.32 Å². The van der Waals surface area contributed by atoms with Crippen LogP contribution >= 0.6 is 0 Å². The second-order valence-corrected chi connectivity index (χ2v) is 9.01. The Balaban J connectivity index is 1.96. The van der Waals surface area contributed by atoms with Crippen LogP contribution in [0.15, 0.2) is 47.4 Å². The lowest BCUT2D eigenvalue weighted by molar-refractivity contribution is 0.0897. The van der Waals surface area contributed by atoms with Gasteiger partial charge in [-0.1, -0.05) is 31.0 Å². The summed E-state index contributed by atoms with van der Waals surface area (Å²) >= 11 is 0. The van der Waals surface area contributed by atoms with Gasteiger partial charge in [0.2, 0.25) is 0 Å². The van der Waals surface area contributed by atoms with Crippen LogP contribution in [0.3, 0.4) is 0 Å². The van der Waals surface area contributed by atoms with Crippen molar-refractivity contribution in [1.29, 1.82) is 0 Å². The minimum atomic E-state index is -3.40. The number of nitrogens with one attached hydrogen (secondary N) is 1. The molecule has 1 aliphatic carbocycles. The highest BCUT2D eigenvalue weighted by Crippen LogP contribution is 2.39. The molecular formula is C20H22FNO3S. The van der Waals surface area contributed by atoms with Crippen molar-refractivity contribution < 1.29 is 17.6 Å². The first kappa shape index (κ1) is 18.6. The van der Waals surface area contributed by atoms with Crippen LogP contribution in [0.5, 0.6) is 0 Å². The van der Waals surface area contributed by atoms with Crippen LogP contribution in [0.4, 0.5) is 4.39 Å². The third-order valence-corrected chi connectivity index (χ3v) is 6.20. The number of aryl methyl sites for hydroxylation is 1. The van der Waals surface area contributed by atoms with Crippen molar-refractivity contribution >= 4 is 15.7 Å². The van der Waals surface area contributed by atoms with E-state index in [1.165, 1.54) is 24.3 Å². The summed E-state index contributed by atoms with van der Waals surface area (Å²) < 4.78 is 36.9. The summed E-state index contributed by atoms with van der Waals surface area (Å²) in [5.74, 6) is -0.621. The molecular weight excluding hydrogens is 353 g/mol. The Labute approximate surface area is 153 Å². The van der Waals surface area contributed by atoms with Crippen LogP contribution in [-0.2, 0) is 15.4 Å². The molecule has 1 fully saturated rings. The maximum Gasteiger partial charge on any atom is 0.252 e. The van der Waals surface area contributed by atoms with Crippen LogP contribution in [0.2, 0.25) is 0 Å². The summed E-state index contributed by atoms with van der Waals surface area (Å²) in [4.78, 5) is 13.1. The van der Waals surface area contributed by atoms with Gasteiger partial charge in [0.05, 0.1) is 10.4 Å². The molecule has 0 heterocycles. The molecule has 0 radical (unpaired) electrons. The predicted octanol–water partition coefficient (Wildman–Crippen LogP) is 3.74. The van der Waals surface area contributed by atoms with Gasteiger partial charge in [0, 0.05) is 11.8 Å². The molecule has 26 heavy (non-hydrogen) atoms. The van der Waals surface area contributed by atoms with Crippen molar-refractivity contribution in [1.82, 2.24) is 5.32 Å². The average molecular weight is 375 g/mol. The van der Waals surface area contributed by atoms with Gasteiger partial charge in [-0.15, -0.1) is 0 Å². The van der Waals surface area contributed by atoms with E-state index in [1.54, 1.807) is 25.1 Å². The first-order chi connectivity index (χ1) is 12.2. The molecule has 1 aliphatic rings. The van der Waals surface area contributed by atoms with Crippen LogP contribution in [0.25, 0.3) is 0 Å². The second-order valence-electron chi connectivity index (χ2n) is 7.00. The fourth-order valence-electron chi connectivity index (χ4n) is 3.59. The number of carbonyl (C=O) groups excluding carboxylic acids is 1. The summed E-state index contributed by atoms with van der Waals surface area (Å²) in [5, 5.41) is 3.11. The maximum atomic E-state index is 13.3.